The molecule has 0 bridgehead atoms. The summed E-state index contributed by atoms with van der Waals surface area (Å²) in [7, 11) is 1.95. The van der Waals surface area contributed by atoms with Crippen molar-refractivity contribution in [2.24, 2.45) is 7.05 Å². The highest BCUT2D eigenvalue weighted by Gasteiger charge is 2.17. The van der Waals surface area contributed by atoms with Gasteiger partial charge in [-0.15, -0.1) is 0 Å². The van der Waals surface area contributed by atoms with E-state index in [-0.39, 0.29) is 5.91 Å². The molecule has 1 amide bonds. The monoisotopic (exact) mass is 395 g/mol. The molecule has 0 aliphatic heterocycles. The standard InChI is InChI=1S/C21H25N5OS/c1-17-10-11-23-21(24-17)28-16-20(27)26(15-19-22-12-14-25(19)2)13-6-9-18-7-4-3-5-8-18/h3-5,7-8,10-12,14H,6,9,13,15-16H2,1-2H3. The second-order valence-electron chi connectivity index (χ2n) is 6.63. The molecule has 2 aromatic heterocycles. The third-order valence-electron chi connectivity index (χ3n) is 4.44. The van der Waals surface area contributed by atoms with Gasteiger partial charge in [0.25, 0.3) is 0 Å². The van der Waals surface area contributed by atoms with E-state index in [1.807, 2.05) is 53.9 Å². The predicted octanol–water partition coefficient (Wildman–Crippen LogP) is 3.27. The first-order valence-electron chi connectivity index (χ1n) is 9.32. The summed E-state index contributed by atoms with van der Waals surface area (Å²) >= 11 is 1.38. The fourth-order valence-electron chi connectivity index (χ4n) is 2.84. The van der Waals surface area contributed by atoms with Crippen molar-refractivity contribution in [2.45, 2.75) is 31.5 Å². The van der Waals surface area contributed by atoms with Crippen LogP contribution >= 0.6 is 11.8 Å². The van der Waals surface area contributed by atoms with Crippen LogP contribution in [0.2, 0.25) is 0 Å². The molecule has 7 heteroatoms. The van der Waals surface area contributed by atoms with Gasteiger partial charge in [-0.05, 0) is 31.4 Å². The van der Waals surface area contributed by atoms with Gasteiger partial charge in [-0.25, -0.2) is 15.0 Å². The lowest BCUT2D eigenvalue weighted by molar-refractivity contribution is -0.129. The normalized spacial score (nSPS) is 10.8. The summed E-state index contributed by atoms with van der Waals surface area (Å²) < 4.78 is 1.95. The van der Waals surface area contributed by atoms with Gasteiger partial charge >= 0.3 is 0 Å². The molecule has 3 aromatic rings. The van der Waals surface area contributed by atoms with Crippen molar-refractivity contribution in [2.75, 3.05) is 12.3 Å². The number of benzene rings is 1. The Morgan fingerprint density at radius 2 is 1.96 bits per heavy atom. The van der Waals surface area contributed by atoms with Gasteiger partial charge in [0.15, 0.2) is 5.16 Å². The van der Waals surface area contributed by atoms with Gasteiger partial charge < -0.3 is 9.47 Å². The SMILES string of the molecule is Cc1ccnc(SCC(=O)N(CCCc2ccccc2)Cc2nccn2C)n1. The number of aryl methyl sites for hydroxylation is 3. The molecule has 0 atom stereocenters. The Morgan fingerprint density at radius 1 is 1.14 bits per heavy atom. The molecule has 0 spiro atoms. The highest BCUT2D eigenvalue weighted by atomic mass is 32.2. The van der Waals surface area contributed by atoms with Gasteiger partial charge in [0.05, 0.1) is 12.3 Å². The Kier molecular flexibility index (Phi) is 7.19. The highest BCUT2D eigenvalue weighted by molar-refractivity contribution is 7.99. The van der Waals surface area contributed by atoms with Crippen LogP contribution in [-0.2, 0) is 24.8 Å². The van der Waals surface area contributed by atoms with E-state index in [9.17, 15) is 4.79 Å². The van der Waals surface area contributed by atoms with Crippen molar-refractivity contribution < 1.29 is 4.79 Å². The van der Waals surface area contributed by atoms with E-state index in [0.717, 1.165) is 24.4 Å². The van der Waals surface area contributed by atoms with Crippen LogP contribution in [-0.4, -0.2) is 42.6 Å². The summed E-state index contributed by atoms with van der Waals surface area (Å²) in [5.74, 6) is 1.27. The van der Waals surface area contributed by atoms with Crippen molar-refractivity contribution in [1.82, 2.24) is 24.4 Å². The number of hydrogen-bond donors (Lipinski definition) is 0. The maximum atomic E-state index is 12.9. The molecular formula is C21H25N5OS. The summed E-state index contributed by atoms with van der Waals surface area (Å²) in [4.78, 5) is 27.7. The summed E-state index contributed by atoms with van der Waals surface area (Å²) in [6.45, 7) is 3.12. The molecule has 0 aliphatic carbocycles. The lowest BCUT2D eigenvalue weighted by Crippen LogP contribution is -2.34. The molecule has 146 valence electrons. The third kappa shape index (κ3) is 5.92. The van der Waals surface area contributed by atoms with Gasteiger partial charge in [-0.3, -0.25) is 4.79 Å². The van der Waals surface area contributed by atoms with E-state index in [1.165, 1.54) is 17.3 Å². The molecule has 2 heterocycles. The molecule has 6 nitrogen and oxygen atoms in total. The maximum Gasteiger partial charge on any atom is 0.233 e. The first-order valence-corrected chi connectivity index (χ1v) is 10.3. The molecular weight excluding hydrogens is 370 g/mol. The number of hydrogen-bond acceptors (Lipinski definition) is 5. The van der Waals surface area contributed by atoms with Crippen molar-refractivity contribution in [3.63, 3.8) is 0 Å². The van der Waals surface area contributed by atoms with Crippen molar-refractivity contribution >= 4 is 17.7 Å². The molecule has 0 radical (unpaired) electrons. The molecule has 0 saturated heterocycles. The van der Waals surface area contributed by atoms with E-state index in [0.29, 0.717) is 24.0 Å². The zero-order chi connectivity index (χ0) is 19.8. The van der Waals surface area contributed by atoms with Crippen molar-refractivity contribution in [3.05, 3.63) is 72.1 Å². The van der Waals surface area contributed by atoms with Crippen LogP contribution in [0.25, 0.3) is 0 Å². The molecule has 0 unspecified atom stereocenters. The second kappa shape index (κ2) is 10.0. The molecule has 1 aromatic carbocycles. The second-order valence-corrected chi connectivity index (χ2v) is 7.57. The minimum Gasteiger partial charge on any atom is -0.337 e. The molecule has 0 N–H and O–H groups in total. The average molecular weight is 396 g/mol. The van der Waals surface area contributed by atoms with Crippen LogP contribution < -0.4 is 0 Å². The fraction of sp³-hybridized carbons (Fsp3) is 0.333. The zero-order valence-electron chi connectivity index (χ0n) is 16.3. The minimum absolute atomic E-state index is 0.0752. The van der Waals surface area contributed by atoms with E-state index >= 15 is 0 Å². The Labute approximate surface area is 170 Å². The van der Waals surface area contributed by atoms with Crippen LogP contribution in [0.15, 0.2) is 60.1 Å². The first-order chi connectivity index (χ1) is 13.6. The Balaban J connectivity index is 1.60. The highest BCUT2D eigenvalue weighted by Crippen LogP contribution is 2.15. The number of rotatable bonds is 9. The summed E-state index contributed by atoms with van der Waals surface area (Å²) in [6, 6.07) is 12.2. The molecule has 0 aliphatic rings. The molecule has 3 rings (SSSR count). The molecule has 0 fully saturated rings. The third-order valence-corrected chi connectivity index (χ3v) is 5.29. The van der Waals surface area contributed by atoms with Gasteiger partial charge in [0.1, 0.15) is 5.82 Å². The summed E-state index contributed by atoms with van der Waals surface area (Å²) in [5, 5.41) is 0.634. The lowest BCUT2D eigenvalue weighted by atomic mass is 10.1. The van der Waals surface area contributed by atoms with E-state index in [4.69, 9.17) is 0 Å². The average Bonchev–Trinajstić information content (AvgIpc) is 3.11. The summed E-state index contributed by atoms with van der Waals surface area (Å²) in [5.41, 5.74) is 2.19. The number of carbonyl (C=O) groups is 1. The Hall–Kier alpha value is -2.67. The number of aromatic nitrogens is 4. The lowest BCUT2D eigenvalue weighted by Gasteiger charge is -2.22. The largest absolute Gasteiger partial charge is 0.337 e. The van der Waals surface area contributed by atoms with Gasteiger partial charge in [0.2, 0.25) is 5.91 Å². The Morgan fingerprint density at radius 3 is 2.68 bits per heavy atom. The topological polar surface area (TPSA) is 63.9 Å². The van der Waals surface area contributed by atoms with Crippen LogP contribution in [0.5, 0.6) is 0 Å². The quantitative estimate of drug-likeness (QED) is 0.411. The van der Waals surface area contributed by atoms with Crippen LogP contribution in [0.3, 0.4) is 0 Å². The molecule has 28 heavy (non-hydrogen) atoms. The van der Waals surface area contributed by atoms with Crippen LogP contribution in [0.4, 0.5) is 0 Å². The van der Waals surface area contributed by atoms with E-state index < -0.39 is 0 Å². The zero-order valence-corrected chi connectivity index (χ0v) is 17.1. The fourth-order valence-corrected chi connectivity index (χ4v) is 3.62. The van der Waals surface area contributed by atoms with Crippen LogP contribution in [0, 0.1) is 6.92 Å². The van der Waals surface area contributed by atoms with E-state index in [1.54, 1.807) is 12.4 Å². The predicted molar refractivity (Wildman–Crippen MR) is 111 cm³/mol. The smallest absolute Gasteiger partial charge is 0.233 e. The number of nitrogens with zero attached hydrogens (tertiary/aromatic N) is 5. The minimum atomic E-state index is 0.0752. The first kappa shape index (κ1) is 20.1. The van der Waals surface area contributed by atoms with Gasteiger partial charge in [-0.2, -0.15) is 0 Å². The summed E-state index contributed by atoms with van der Waals surface area (Å²) in [6.07, 6.45) is 7.24. The Bertz CT molecular complexity index is 897. The number of amides is 1. The molecule has 0 saturated carbocycles. The van der Waals surface area contributed by atoms with Crippen LogP contribution in [0.1, 0.15) is 23.5 Å². The van der Waals surface area contributed by atoms with E-state index in [2.05, 4.69) is 27.1 Å². The number of imidazole rings is 1. The number of carbonyl (C=O) groups excluding carboxylic acids is 1. The van der Waals surface area contributed by atoms with Gasteiger partial charge in [-0.1, -0.05) is 42.1 Å². The van der Waals surface area contributed by atoms with Crippen molar-refractivity contribution in [3.8, 4) is 0 Å². The van der Waals surface area contributed by atoms with Crippen molar-refractivity contribution in [1.29, 1.82) is 0 Å². The maximum absolute atomic E-state index is 12.9. The van der Waals surface area contributed by atoms with Gasteiger partial charge in [0, 0.05) is 37.9 Å². The number of thioether (sulfide) groups is 1.